The van der Waals surface area contributed by atoms with E-state index in [-0.39, 0.29) is 5.92 Å². The number of aliphatic hydroxyl groups is 1. The van der Waals surface area contributed by atoms with E-state index in [1.807, 2.05) is 13.8 Å². The Morgan fingerprint density at radius 3 is 2.13 bits per heavy atom. The lowest BCUT2D eigenvalue weighted by Gasteiger charge is -2.37. The maximum atomic E-state index is 11.0. The molecule has 0 aliphatic rings. The highest BCUT2D eigenvalue weighted by molar-refractivity contribution is 6.56. The minimum absolute atomic E-state index is 0.0649. The molecule has 6 heteroatoms. The standard InChI is InChI=1S/C9H19BN2O3/c1-6(2)7(11(3)9(10)14)8(13)12(4)15-5/h6-8,13H,1-5H3/t7-,8?/m0/s1. The van der Waals surface area contributed by atoms with E-state index in [0.29, 0.717) is 0 Å². The molecule has 2 atom stereocenters. The highest BCUT2D eigenvalue weighted by Crippen LogP contribution is 2.15. The van der Waals surface area contributed by atoms with Gasteiger partial charge in [0.15, 0.2) is 5.81 Å². The van der Waals surface area contributed by atoms with Crippen LogP contribution in [-0.4, -0.2) is 62.2 Å². The van der Waals surface area contributed by atoms with Gasteiger partial charge in [-0.3, -0.25) is 9.63 Å². The zero-order valence-electron chi connectivity index (χ0n) is 9.97. The lowest BCUT2D eigenvalue weighted by Crippen LogP contribution is -2.53. The van der Waals surface area contributed by atoms with Gasteiger partial charge in [-0.05, 0) is 5.92 Å². The van der Waals surface area contributed by atoms with Crippen LogP contribution in [0.4, 0.5) is 4.79 Å². The number of hydroxylamine groups is 2. The number of carbonyl (C=O) groups excluding carboxylic acids is 1. The quantitative estimate of drug-likeness (QED) is 0.399. The van der Waals surface area contributed by atoms with Gasteiger partial charge in [0, 0.05) is 14.1 Å². The van der Waals surface area contributed by atoms with Gasteiger partial charge in [0.25, 0.3) is 0 Å². The SMILES string of the molecule is [B]C(=O)N(C)[C@@H](C(C)C)C(O)N(C)OC. The molecule has 5 nitrogen and oxygen atoms in total. The van der Waals surface area contributed by atoms with E-state index in [9.17, 15) is 9.90 Å². The lowest BCUT2D eigenvalue weighted by molar-refractivity contribution is -0.222. The Hall–Kier alpha value is -0.585. The van der Waals surface area contributed by atoms with Gasteiger partial charge in [-0.1, -0.05) is 13.8 Å². The van der Waals surface area contributed by atoms with Gasteiger partial charge >= 0.3 is 0 Å². The normalized spacial score (nSPS) is 15.5. The first-order valence-electron chi connectivity index (χ1n) is 4.80. The summed E-state index contributed by atoms with van der Waals surface area (Å²) >= 11 is 0. The van der Waals surface area contributed by atoms with Crippen molar-refractivity contribution in [2.45, 2.75) is 26.1 Å². The van der Waals surface area contributed by atoms with E-state index < -0.39 is 18.1 Å². The maximum Gasteiger partial charge on any atom is 0.200 e. The fourth-order valence-corrected chi connectivity index (χ4v) is 1.46. The van der Waals surface area contributed by atoms with Gasteiger partial charge in [-0.15, -0.1) is 0 Å². The molecule has 0 heterocycles. The summed E-state index contributed by atoms with van der Waals surface area (Å²) in [6.07, 6.45) is -0.910. The highest BCUT2D eigenvalue weighted by atomic mass is 16.7. The summed E-state index contributed by atoms with van der Waals surface area (Å²) in [7, 11) is 9.77. The van der Waals surface area contributed by atoms with Crippen molar-refractivity contribution in [1.82, 2.24) is 9.96 Å². The number of carbonyl (C=O) groups is 1. The summed E-state index contributed by atoms with van der Waals surface area (Å²) in [5, 5.41) is 11.2. The van der Waals surface area contributed by atoms with Crippen molar-refractivity contribution < 1.29 is 14.7 Å². The molecule has 0 aromatic carbocycles. The zero-order valence-corrected chi connectivity index (χ0v) is 9.97. The van der Waals surface area contributed by atoms with Crippen molar-refractivity contribution in [3.63, 3.8) is 0 Å². The maximum absolute atomic E-state index is 11.0. The summed E-state index contributed by atoms with van der Waals surface area (Å²) in [5.41, 5.74) is 0. The van der Waals surface area contributed by atoms with Gasteiger partial charge in [0.1, 0.15) is 6.23 Å². The Balaban J connectivity index is 4.73. The molecule has 0 spiro atoms. The van der Waals surface area contributed by atoms with Crippen LogP contribution >= 0.6 is 0 Å². The largest absolute Gasteiger partial charge is 0.374 e. The second-order valence-electron chi connectivity index (χ2n) is 3.83. The van der Waals surface area contributed by atoms with Crippen LogP contribution in [-0.2, 0) is 4.84 Å². The number of aliphatic hydroxyl groups excluding tert-OH is 1. The van der Waals surface area contributed by atoms with Crippen LogP contribution < -0.4 is 0 Å². The van der Waals surface area contributed by atoms with E-state index in [2.05, 4.69) is 0 Å². The average molecular weight is 214 g/mol. The van der Waals surface area contributed by atoms with Gasteiger partial charge in [-0.2, -0.15) is 5.06 Å². The molecule has 0 aromatic rings. The molecule has 2 radical (unpaired) electrons. The van der Waals surface area contributed by atoms with Crippen molar-refractivity contribution in [3.8, 4) is 0 Å². The Kier molecular flexibility index (Phi) is 5.86. The molecule has 1 unspecified atom stereocenters. The molecule has 15 heavy (non-hydrogen) atoms. The molecule has 0 aliphatic heterocycles. The fourth-order valence-electron chi connectivity index (χ4n) is 1.46. The minimum atomic E-state index is -0.910. The van der Waals surface area contributed by atoms with E-state index in [1.54, 1.807) is 14.1 Å². The van der Waals surface area contributed by atoms with Crippen LogP contribution in [0.15, 0.2) is 0 Å². The van der Waals surface area contributed by atoms with Crippen molar-refractivity contribution in [2.75, 3.05) is 21.2 Å². The first-order chi connectivity index (χ1) is 6.82. The zero-order chi connectivity index (χ0) is 12.2. The van der Waals surface area contributed by atoms with Crippen LogP contribution in [0.5, 0.6) is 0 Å². The Labute approximate surface area is 92.4 Å². The van der Waals surface area contributed by atoms with E-state index in [0.717, 1.165) is 0 Å². The molecule has 0 saturated carbocycles. The van der Waals surface area contributed by atoms with E-state index in [4.69, 9.17) is 12.7 Å². The second kappa shape index (κ2) is 6.10. The third kappa shape index (κ3) is 3.81. The number of amides is 1. The molecule has 0 aromatic heterocycles. The number of hydrogen-bond donors (Lipinski definition) is 1. The number of nitrogens with zero attached hydrogens (tertiary/aromatic N) is 2. The molecule has 0 saturated heterocycles. The number of rotatable bonds is 5. The predicted octanol–water partition coefficient (Wildman–Crippen LogP) is 0.0429. The first kappa shape index (κ1) is 14.4. The Morgan fingerprint density at radius 2 is 1.87 bits per heavy atom. The Bertz CT molecular complexity index is 214. The highest BCUT2D eigenvalue weighted by Gasteiger charge is 2.30. The monoisotopic (exact) mass is 214 g/mol. The van der Waals surface area contributed by atoms with Crippen LogP contribution in [0.25, 0.3) is 0 Å². The van der Waals surface area contributed by atoms with Crippen LogP contribution in [0.2, 0.25) is 0 Å². The third-order valence-electron chi connectivity index (χ3n) is 2.44. The summed E-state index contributed by atoms with van der Waals surface area (Å²) in [5.74, 6) is -0.507. The number of hydrogen-bond acceptors (Lipinski definition) is 4. The average Bonchev–Trinajstić information content (AvgIpc) is 2.15. The summed E-state index contributed by atoms with van der Waals surface area (Å²) in [4.78, 5) is 17.2. The van der Waals surface area contributed by atoms with Gasteiger partial charge in [-0.25, -0.2) is 0 Å². The molecule has 1 N–H and O–H groups in total. The summed E-state index contributed by atoms with van der Waals surface area (Å²) in [6, 6.07) is -0.410. The summed E-state index contributed by atoms with van der Waals surface area (Å²) < 4.78 is 0. The van der Waals surface area contributed by atoms with Crippen molar-refractivity contribution in [2.24, 2.45) is 5.92 Å². The van der Waals surface area contributed by atoms with Crippen LogP contribution in [0.3, 0.4) is 0 Å². The smallest absolute Gasteiger partial charge is 0.200 e. The van der Waals surface area contributed by atoms with E-state index in [1.165, 1.54) is 17.1 Å². The van der Waals surface area contributed by atoms with Crippen LogP contribution in [0.1, 0.15) is 13.8 Å². The second-order valence-corrected chi connectivity index (χ2v) is 3.83. The lowest BCUT2D eigenvalue weighted by atomic mass is 9.98. The van der Waals surface area contributed by atoms with E-state index >= 15 is 0 Å². The molecule has 1 amide bonds. The molecule has 86 valence electrons. The molecule has 0 rings (SSSR count). The number of likely N-dealkylation sites (N-methyl/N-ethyl adjacent to an activating group) is 2. The molecular weight excluding hydrogens is 195 g/mol. The Morgan fingerprint density at radius 1 is 1.40 bits per heavy atom. The summed E-state index contributed by atoms with van der Waals surface area (Å²) in [6.45, 7) is 3.80. The van der Waals surface area contributed by atoms with Gasteiger partial charge in [0.05, 0.1) is 13.2 Å². The fraction of sp³-hybridized carbons (Fsp3) is 0.889. The topological polar surface area (TPSA) is 53.0 Å². The molecule has 0 fully saturated rings. The van der Waals surface area contributed by atoms with Crippen molar-refractivity contribution in [1.29, 1.82) is 0 Å². The minimum Gasteiger partial charge on any atom is -0.374 e. The molecular formula is C9H19BN2O3. The van der Waals surface area contributed by atoms with Crippen LogP contribution in [0, 0.1) is 5.92 Å². The molecule has 0 aliphatic carbocycles. The third-order valence-corrected chi connectivity index (χ3v) is 2.44. The van der Waals surface area contributed by atoms with Crippen molar-refractivity contribution in [3.05, 3.63) is 0 Å². The van der Waals surface area contributed by atoms with Gasteiger partial charge < -0.3 is 10.0 Å². The van der Waals surface area contributed by atoms with Crippen molar-refractivity contribution >= 4 is 13.7 Å². The first-order valence-corrected chi connectivity index (χ1v) is 4.80. The van der Waals surface area contributed by atoms with Gasteiger partial charge in [0.2, 0.25) is 7.85 Å². The predicted molar refractivity (Wildman–Crippen MR) is 58.3 cm³/mol. The molecule has 0 bridgehead atoms.